The number of rotatable bonds is 2. The zero-order valence-electron chi connectivity index (χ0n) is 8.28. The second-order valence-corrected chi connectivity index (χ2v) is 7.99. The Morgan fingerprint density at radius 1 is 1.59 bits per heavy atom. The first-order valence-electron chi connectivity index (χ1n) is 4.18. The molecule has 0 saturated carbocycles. The monoisotopic (exact) mass is 357 g/mol. The molecule has 0 aliphatic carbocycles. The van der Waals surface area contributed by atoms with Crippen LogP contribution in [0.4, 0.5) is 0 Å². The summed E-state index contributed by atoms with van der Waals surface area (Å²) in [7, 11) is 2.46. The second kappa shape index (κ2) is 4.27. The average molecular weight is 359 g/mol. The van der Waals surface area contributed by atoms with Crippen LogP contribution < -0.4 is 0 Å². The van der Waals surface area contributed by atoms with Gasteiger partial charge < -0.3 is 9.72 Å². The molecule has 0 unspecified atom stereocenters. The van der Waals surface area contributed by atoms with Gasteiger partial charge in [-0.2, -0.15) is 0 Å². The van der Waals surface area contributed by atoms with Crippen LogP contribution in [0.25, 0.3) is 10.2 Å². The van der Waals surface area contributed by atoms with Gasteiger partial charge in [0.25, 0.3) is 9.05 Å². The zero-order valence-corrected chi connectivity index (χ0v) is 12.3. The molecule has 92 valence electrons. The molecule has 2 aromatic heterocycles. The molecule has 2 aromatic rings. The van der Waals surface area contributed by atoms with E-state index >= 15 is 0 Å². The third-order valence-corrected chi connectivity index (χ3v) is 4.97. The van der Waals surface area contributed by atoms with E-state index in [2.05, 4.69) is 25.7 Å². The fourth-order valence-electron chi connectivity index (χ4n) is 1.43. The molecule has 0 radical (unpaired) electrons. The van der Waals surface area contributed by atoms with E-state index in [-0.39, 0.29) is 10.6 Å². The highest BCUT2D eigenvalue weighted by atomic mass is 79.9. The van der Waals surface area contributed by atoms with E-state index < -0.39 is 15.0 Å². The standard InChI is InChI=1S/C8H5BrClNO4S2/c1-15-8(12)5-6(17(10,13)14)3-2-4(9)16-7(3)11-5/h2,11H,1H3. The minimum atomic E-state index is -4.03. The minimum absolute atomic E-state index is 0.156. The number of halogens is 2. The van der Waals surface area contributed by atoms with Crippen molar-refractivity contribution in [2.75, 3.05) is 7.11 Å². The third-order valence-electron chi connectivity index (χ3n) is 2.05. The minimum Gasteiger partial charge on any atom is -0.464 e. The summed E-state index contributed by atoms with van der Waals surface area (Å²) < 4.78 is 28.2. The fourth-order valence-corrected chi connectivity index (χ4v) is 4.28. The van der Waals surface area contributed by atoms with Crippen LogP contribution in [-0.2, 0) is 13.8 Å². The van der Waals surface area contributed by atoms with E-state index in [0.717, 1.165) is 10.9 Å². The predicted molar refractivity (Wildman–Crippen MR) is 68.3 cm³/mol. The quantitative estimate of drug-likeness (QED) is 0.661. The predicted octanol–water partition coefficient (Wildman–Crippen LogP) is 2.71. The van der Waals surface area contributed by atoms with Gasteiger partial charge in [0, 0.05) is 16.1 Å². The Hall–Kier alpha value is -0.570. The van der Waals surface area contributed by atoms with Crippen molar-refractivity contribution in [3.05, 3.63) is 15.5 Å². The number of hydrogen-bond acceptors (Lipinski definition) is 5. The Kier molecular flexibility index (Phi) is 3.23. The van der Waals surface area contributed by atoms with Crippen LogP contribution >= 0.6 is 37.9 Å². The molecule has 2 heterocycles. The van der Waals surface area contributed by atoms with Crippen LogP contribution in [0.1, 0.15) is 10.5 Å². The SMILES string of the molecule is COC(=O)c1[nH]c2sc(Br)cc2c1S(=O)(=O)Cl. The number of fused-ring (bicyclic) bond motifs is 1. The Balaban J connectivity index is 2.85. The van der Waals surface area contributed by atoms with Crippen molar-refractivity contribution in [1.82, 2.24) is 4.98 Å². The Morgan fingerprint density at radius 3 is 2.76 bits per heavy atom. The topological polar surface area (TPSA) is 76.2 Å². The molecular formula is C8H5BrClNO4S2. The van der Waals surface area contributed by atoms with Crippen molar-refractivity contribution in [3.8, 4) is 0 Å². The van der Waals surface area contributed by atoms with Crippen LogP contribution in [0.15, 0.2) is 14.7 Å². The normalized spacial score (nSPS) is 11.9. The lowest BCUT2D eigenvalue weighted by Crippen LogP contribution is -2.06. The summed E-state index contributed by atoms with van der Waals surface area (Å²) in [5.74, 6) is -0.774. The number of aromatic nitrogens is 1. The van der Waals surface area contributed by atoms with Gasteiger partial charge in [-0.05, 0) is 22.0 Å². The summed E-state index contributed by atoms with van der Waals surface area (Å²) in [5.41, 5.74) is -0.156. The van der Waals surface area contributed by atoms with Gasteiger partial charge >= 0.3 is 5.97 Å². The fraction of sp³-hybridized carbons (Fsp3) is 0.125. The molecule has 2 rings (SSSR count). The number of nitrogens with one attached hydrogen (secondary N) is 1. The van der Waals surface area contributed by atoms with Crippen LogP contribution in [0.2, 0.25) is 0 Å². The Morgan fingerprint density at radius 2 is 2.24 bits per heavy atom. The number of hydrogen-bond donors (Lipinski definition) is 1. The number of methoxy groups -OCH3 is 1. The van der Waals surface area contributed by atoms with Gasteiger partial charge in [-0.25, -0.2) is 13.2 Å². The van der Waals surface area contributed by atoms with E-state index in [4.69, 9.17) is 10.7 Å². The van der Waals surface area contributed by atoms with Crippen molar-refractivity contribution in [2.24, 2.45) is 0 Å². The molecule has 0 spiro atoms. The Labute approximate surface area is 113 Å². The van der Waals surface area contributed by atoms with E-state index in [1.54, 1.807) is 6.07 Å². The van der Waals surface area contributed by atoms with Crippen molar-refractivity contribution in [3.63, 3.8) is 0 Å². The van der Waals surface area contributed by atoms with Crippen molar-refractivity contribution >= 4 is 63.2 Å². The van der Waals surface area contributed by atoms with Gasteiger partial charge in [-0.1, -0.05) is 0 Å². The van der Waals surface area contributed by atoms with Gasteiger partial charge in [0.05, 0.1) is 10.9 Å². The van der Waals surface area contributed by atoms with Gasteiger partial charge in [-0.3, -0.25) is 0 Å². The maximum Gasteiger partial charge on any atom is 0.355 e. The lowest BCUT2D eigenvalue weighted by atomic mass is 10.3. The van der Waals surface area contributed by atoms with Crippen LogP contribution in [0.5, 0.6) is 0 Å². The molecular weight excluding hydrogens is 354 g/mol. The summed E-state index contributed by atoms with van der Waals surface area (Å²) in [6.07, 6.45) is 0. The summed E-state index contributed by atoms with van der Waals surface area (Å²) >= 11 is 4.49. The summed E-state index contributed by atoms with van der Waals surface area (Å²) in [4.78, 5) is 14.4. The number of aromatic amines is 1. The number of H-pyrrole nitrogens is 1. The van der Waals surface area contributed by atoms with Gasteiger partial charge in [0.2, 0.25) is 0 Å². The highest BCUT2D eigenvalue weighted by molar-refractivity contribution is 9.11. The number of ether oxygens (including phenoxy) is 1. The molecule has 0 atom stereocenters. The number of carbonyl (C=O) groups excluding carboxylic acids is 1. The highest BCUT2D eigenvalue weighted by Gasteiger charge is 2.28. The van der Waals surface area contributed by atoms with Gasteiger partial charge in [0.1, 0.15) is 15.4 Å². The van der Waals surface area contributed by atoms with E-state index in [9.17, 15) is 13.2 Å². The first-order chi connectivity index (χ1) is 7.84. The first-order valence-corrected chi connectivity index (χ1v) is 8.10. The maximum atomic E-state index is 11.5. The molecule has 0 aliphatic heterocycles. The maximum absolute atomic E-state index is 11.5. The molecule has 0 saturated heterocycles. The zero-order chi connectivity index (χ0) is 12.8. The van der Waals surface area contributed by atoms with Crippen LogP contribution in [-0.4, -0.2) is 26.5 Å². The summed E-state index contributed by atoms with van der Waals surface area (Å²) in [6.45, 7) is 0. The smallest absolute Gasteiger partial charge is 0.355 e. The third kappa shape index (κ3) is 2.22. The van der Waals surface area contributed by atoms with E-state index in [0.29, 0.717) is 10.2 Å². The molecule has 1 N–H and O–H groups in total. The lowest BCUT2D eigenvalue weighted by molar-refractivity contribution is 0.0591. The van der Waals surface area contributed by atoms with Gasteiger partial charge in [0.15, 0.2) is 0 Å². The number of thiophene rings is 1. The summed E-state index contributed by atoms with van der Waals surface area (Å²) in [6, 6.07) is 1.58. The highest BCUT2D eigenvalue weighted by Crippen LogP contribution is 2.37. The van der Waals surface area contributed by atoms with Gasteiger partial charge in [-0.15, -0.1) is 11.3 Å². The Bertz CT molecular complexity index is 702. The average Bonchev–Trinajstić information content (AvgIpc) is 2.69. The van der Waals surface area contributed by atoms with Crippen molar-refractivity contribution < 1.29 is 17.9 Å². The molecule has 0 fully saturated rings. The second-order valence-electron chi connectivity index (χ2n) is 3.05. The molecule has 5 nitrogen and oxygen atoms in total. The number of esters is 1. The van der Waals surface area contributed by atoms with Crippen molar-refractivity contribution in [2.45, 2.75) is 4.90 Å². The number of carbonyl (C=O) groups is 1. The summed E-state index contributed by atoms with van der Waals surface area (Å²) in [5, 5.41) is 0.372. The first kappa shape index (κ1) is 12.9. The van der Waals surface area contributed by atoms with E-state index in [1.807, 2.05) is 0 Å². The molecule has 0 amide bonds. The largest absolute Gasteiger partial charge is 0.464 e. The van der Waals surface area contributed by atoms with E-state index in [1.165, 1.54) is 11.3 Å². The molecule has 0 aromatic carbocycles. The van der Waals surface area contributed by atoms with Crippen molar-refractivity contribution in [1.29, 1.82) is 0 Å². The van der Waals surface area contributed by atoms with Crippen LogP contribution in [0, 0.1) is 0 Å². The lowest BCUT2D eigenvalue weighted by Gasteiger charge is -1.98. The van der Waals surface area contributed by atoms with Crippen LogP contribution in [0.3, 0.4) is 0 Å². The molecule has 9 heteroatoms. The molecule has 0 bridgehead atoms. The molecule has 0 aliphatic rings. The molecule has 17 heavy (non-hydrogen) atoms.